The quantitative estimate of drug-likeness (QED) is 0.820. The summed E-state index contributed by atoms with van der Waals surface area (Å²) >= 11 is 0. The molecule has 2 unspecified atom stereocenters. The van der Waals surface area contributed by atoms with E-state index in [4.69, 9.17) is 4.74 Å². The molecule has 2 rings (SSSR count). The molecule has 0 bridgehead atoms. The molecular formula is C16H31N3O2. The van der Waals surface area contributed by atoms with E-state index < -0.39 is 0 Å². The summed E-state index contributed by atoms with van der Waals surface area (Å²) in [7, 11) is 0. The number of carbonyl (C=O) groups is 1. The monoisotopic (exact) mass is 297 g/mol. The second kappa shape index (κ2) is 8.11. The van der Waals surface area contributed by atoms with Gasteiger partial charge in [-0.2, -0.15) is 0 Å². The van der Waals surface area contributed by atoms with Crippen LogP contribution < -0.4 is 5.32 Å². The van der Waals surface area contributed by atoms with Crippen LogP contribution in [0, 0.1) is 5.92 Å². The highest BCUT2D eigenvalue weighted by Crippen LogP contribution is 2.14. The van der Waals surface area contributed by atoms with E-state index in [1.165, 1.54) is 12.8 Å². The zero-order chi connectivity index (χ0) is 15.2. The van der Waals surface area contributed by atoms with Crippen molar-refractivity contribution in [1.29, 1.82) is 0 Å². The lowest BCUT2D eigenvalue weighted by Gasteiger charge is -2.36. The zero-order valence-corrected chi connectivity index (χ0v) is 13.8. The Hall–Kier alpha value is -0.650. The maximum absolute atomic E-state index is 12.5. The first-order valence-electron chi connectivity index (χ1n) is 8.40. The number of carbonyl (C=O) groups excluding carboxylic acids is 1. The predicted molar refractivity (Wildman–Crippen MR) is 84.3 cm³/mol. The number of rotatable bonds is 5. The Balaban J connectivity index is 1.84. The molecule has 2 saturated heterocycles. The van der Waals surface area contributed by atoms with E-state index in [2.05, 4.69) is 24.1 Å². The summed E-state index contributed by atoms with van der Waals surface area (Å²) in [6, 6.07) is 0.411. The largest absolute Gasteiger partial charge is 0.375 e. The van der Waals surface area contributed by atoms with Gasteiger partial charge in [-0.3, -0.25) is 9.69 Å². The molecular weight excluding hydrogens is 266 g/mol. The van der Waals surface area contributed by atoms with Gasteiger partial charge in [-0.15, -0.1) is 0 Å². The summed E-state index contributed by atoms with van der Waals surface area (Å²) in [4.78, 5) is 16.8. The standard InChI is InChI=1S/C16H31N3O2/c1-13(2)19(11-15-5-4-6-17-9-15)12-16(20)18-7-8-21-14(3)10-18/h13-15,17H,4-12H2,1-3H3. The molecule has 0 spiro atoms. The average Bonchev–Trinajstić information content (AvgIpc) is 2.47. The third kappa shape index (κ3) is 5.24. The lowest BCUT2D eigenvalue weighted by atomic mass is 9.98. The van der Waals surface area contributed by atoms with E-state index in [1.807, 2.05) is 11.8 Å². The van der Waals surface area contributed by atoms with Crippen molar-refractivity contribution in [3.05, 3.63) is 0 Å². The van der Waals surface area contributed by atoms with E-state index in [-0.39, 0.29) is 12.0 Å². The molecule has 0 aliphatic carbocycles. The fourth-order valence-electron chi connectivity index (χ4n) is 3.19. The number of nitrogens with zero attached hydrogens (tertiary/aromatic N) is 2. The van der Waals surface area contributed by atoms with E-state index in [0.717, 1.165) is 32.7 Å². The van der Waals surface area contributed by atoms with Crippen molar-refractivity contribution in [3.63, 3.8) is 0 Å². The van der Waals surface area contributed by atoms with Gasteiger partial charge in [0.15, 0.2) is 0 Å². The third-order valence-corrected chi connectivity index (χ3v) is 4.55. The smallest absolute Gasteiger partial charge is 0.236 e. The number of hydrogen-bond acceptors (Lipinski definition) is 4. The Morgan fingerprint density at radius 3 is 2.90 bits per heavy atom. The van der Waals surface area contributed by atoms with Crippen LogP contribution in [0.2, 0.25) is 0 Å². The van der Waals surface area contributed by atoms with Gasteiger partial charge in [-0.05, 0) is 52.6 Å². The van der Waals surface area contributed by atoms with Gasteiger partial charge < -0.3 is 15.0 Å². The summed E-state index contributed by atoms with van der Waals surface area (Å²) in [6.07, 6.45) is 2.70. The molecule has 2 aliphatic rings. The average molecular weight is 297 g/mol. The van der Waals surface area contributed by atoms with Crippen molar-refractivity contribution < 1.29 is 9.53 Å². The summed E-state index contributed by atoms with van der Waals surface area (Å²) in [6.45, 7) is 12.3. The van der Waals surface area contributed by atoms with Crippen LogP contribution in [0.1, 0.15) is 33.6 Å². The van der Waals surface area contributed by atoms with Crippen LogP contribution in [0.15, 0.2) is 0 Å². The van der Waals surface area contributed by atoms with Crippen LogP contribution >= 0.6 is 0 Å². The van der Waals surface area contributed by atoms with Crippen LogP contribution in [0.3, 0.4) is 0 Å². The molecule has 2 heterocycles. The summed E-state index contributed by atoms with van der Waals surface area (Å²) in [5, 5.41) is 3.46. The second-order valence-electron chi connectivity index (χ2n) is 6.76. The maximum Gasteiger partial charge on any atom is 0.236 e. The Morgan fingerprint density at radius 2 is 2.29 bits per heavy atom. The van der Waals surface area contributed by atoms with Crippen LogP contribution in [0.25, 0.3) is 0 Å². The Labute approximate surface area is 129 Å². The number of hydrogen-bond donors (Lipinski definition) is 1. The summed E-state index contributed by atoms with van der Waals surface area (Å²) in [5.41, 5.74) is 0. The lowest BCUT2D eigenvalue weighted by Crippen LogP contribution is -2.50. The highest BCUT2D eigenvalue weighted by Gasteiger charge is 2.25. The minimum atomic E-state index is 0.165. The molecule has 0 saturated carbocycles. The lowest BCUT2D eigenvalue weighted by molar-refractivity contribution is -0.140. The van der Waals surface area contributed by atoms with Crippen LogP contribution in [0.4, 0.5) is 0 Å². The number of piperidine rings is 1. The first-order valence-corrected chi connectivity index (χ1v) is 8.40. The highest BCUT2D eigenvalue weighted by atomic mass is 16.5. The minimum absolute atomic E-state index is 0.165. The predicted octanol–water partition coefficient (Wildman–Crippen LogP) is 0.944. The molecule has 0 aromatic carbocycles. The van der Waals surface area contributed by atoms with Crippen molar-refractivity contribution in [1.82, 2.24) is 15.1 Å². The molecule has 5 nitrogen and oxygen atoms in total. The van der Waals surface area contributed by atoms with Crippen molar-refractivity contribution in [2.75, 3.05) is 45.9 Å². The highest BCUT2D eigenvalue weighted by molar-refractivity contribution is 5.78. The molecule has 5 heteroatoms. The van der Waals surface area contributed by atoms with Crippen molar-refractivity contribution in [2.24, 2.45) is 5.92 Å². The van der Waals surface area contributed by atoms with Gasteiger partial charge in [0.2, 0.25) is 5.91 Å². The van der Waals surface area contributed by atoms with Crippen molar-refractivity contribution in [3.8, 4) is 0 Å². The molecule has 1 amide bonds. The van der Waals surface area contributed by atoms with E-state index >= 15 is 0 Å². The number of amides is 1. The molecule has 21 heavy (non-hydrogen) atoms. The fraction of sp³-hybridized carbons (Fsp3) is 0.938. The minimum Gasteiger partial charge on any atom is -0.375 e. The Bertz CT molecular complexity index is 329. The van der Waals surface area contributed by atoms with Crippen LogP contribution in [0.5, 0.6) is 0 Å². The fourth-order valence-corrected chi connectivity index (χ4v) is 3.19. The molecule has 1 N–H and O–H groups in total. The van der Waals surface area contributed by atoms with Crippen LogP contribution in [-0.2, 0) is 9.53 Å². The molecule has 2 fully saturated rings. The van der Waals surface area contributed by atoms with Crippen molar-refractivity contribution >= 4 is 5.91 Å². The second-order valence-corrected chi connectivity index (χ2v) is 6.76. The van der Waals surface area contributed by atoms with Gasteiger partial charge in [0.25, 0.3) is 0 Å². The van der Waals surface area contributed by atoms with Gasteiger partial charge in [0.1, 0.15) is 0 Å². The molecule has 2 aliphatic heterocycles. The number of ether oxygens (including phenoxy) is 1. The van der Waals surface area contributed by atoms with Gasteiger partial charge in [0.05, 0.1) is 19.3 Å². The number of morpholine rings is 1. The maximum atomic E-state index is 12.5. The van der Waals surface area contributed by atoms with Gasteiger partial charge >= 0.3 is 0 Å². The van der Waals surface area contributed by atoms with E-state index in [1.54, 1.807) is 0 Å². The van der Waals surface area contributed by atoms with Gasteiger partial charge in [-0.25, -0.2) is 0 Å². The van der Waals surface area contributed by atoms with E-state index in [9.17, 15) is 4.79 Å². The molecule has 0 aromatic heterocycles. The van der Waals surface area contributed by atoms with Crippen molar-refractivity contribution in [2.45, 2.75) is 45.8 Å². The van der Waals surface area contributed by atoms with Gasteiger partial charge in [-0.1, -0.05) is 0 Å². The summed E-state index contributed by atoms with van der Waals surface area (Å²) < 4.78 is 5.52. The molecule has 2 atom stereocenters. The first-order chi connectivity index (χ1) is 10.1. The molecule has 0 aromatic rings. The van der Waals surface area contributed by atoms with Gasteiger partial charge in [0, 0.05) is 25.7 Å². The number of nitrogens with one attached hydrogen (secondary N) is 1. The zero-order valence-electron chi connectivity index (χ0n) is 13.8. The molecule has 122 valence electrons. The third-order valence-electron chi connectivity index (χ3n) is 4.55. The Morgan fingerprint density at radius 1 is 1.48 bits per heavy atom. The Kier molecular flexibility index (Phi) is 6.45. The van der Waals surface area contributed by atoms with E-state index in [0.29, 0.717) is 25.1 Å². The molecule has 0 radical (unpaired) electrons. The SMILES string of the molecule is CC1CN(C(=O)CN(CC2CCCNC2)C(C)C)CCO1. The normalized spacial score (nSPS) is 27.4. The summed E-state index contributed by atoms with van der Waals surface area (Å²) in [5.74, 6) is 0.931. The topological polar surface area (TPSA) is 44.8 Å². The first kappa shape index (κ1) is 16.7. The van der Waals surface area contributed by atoms with Crippen LogP contribution in [-0.4, -0.2) is 73.7 Å².